The standard InChI is InChI=1S/C23H26N4O3S/c1-2-16-29-19-8-4-3-7-18(19)23(28)27-14-12-26(13-15-27)11-5-10-21-24-22(25-30-21)20-9-6-17-31-20/h2-4,6-9,17H,1,5,10-16H2. The minimum absolute atomic E-state index is 0.0197. The number of aryl methyl sites for hydroxylation is 1. The summed E-state index contributed by atoms with van der Waals surface area (Å²) in [6, 6.07) is 11.4. The number of thiophene rings is 1. The van der Waals surface area contributed by atoms with Gasteiger partial charge in [-0.15, -0.1) is 11.3 Å². The van der Waals surface area contributed by atoms with E-state index in [-0.39, 0.29) is 5.91 Å². The number of aromatic nitrogens is 2. The quantitative estimate of drug-likeness (QED) is 0.474. The van der Waals surface area contributed by atoms with Gasteiger partial charge in [-0.05, 0) is 36.5 Å². The van der Waals surface area contributed by atoms with Crippen molar-refractivity contribution in [1.82, 2.24) is 19.9 Å². The van der Waals surface area contributed by atoms with Gasteiger partial charge in [0.15, 0.2) is 0 Å². The predicted molar refractivity (Wildman–Crippen MR) is 120 cm³/mol. The minimum atomic E-state index is 0.0197. The molecular formula is C23H26N4O3S. The van der Waals surface area contributed by atoms with Crippen LogP contribution in [-0.4, -0.2) is 65.2 Å². The average Bonchev–Trinajstić information content (AvgIpc) is 3.50. The molecule has 1 aliphatic heterocycles. The summed E-state index contributed by atoms with van der Waals surface area (Å²) < 4.78 is 11.0. The fourth-order valence-electron chi connectivity index (χ4n) is 3.58. The van der Waals surface area contributed by atoms with E-state index in [0.29, 0.717) is 42.7 Å². The number of carbonyl (C=O) groups excluding carboxylic acids is 1. The summed E-state index contributed by atoms with van der Waals surface area (Å²) in [7, 11) is 0. The molecule has 3 aromatic rings. The molecule has 7 nitrogen and oxygen atoms in total. The number of benzene rings is 1. The Kier molecular flexibility index (Phi) is 7.11. The van der Waals surface area contributed by atoms with Crippen LogP contribution in [0.25, 0.3) is 10.7 Å². The molecule has 0 saturated carbocycles. The van der Waals surface area contributed by atoms with E-state index in [9.17, 15) is 4.79 Å². The monoisotopic (exact) mass is 438 g/mol. The van der Waals surface area contributed by atoms with Crippen molar-refractivity contribution in [2.24, 2.45) is 0 Å². The lowest BCUT2D eigenvalue weighted by Gasteiger charge is -2.35. The molecule has 4 rings (SSSR count). The first-order chi connectivity index (χ1) is 15.2. The zero-order valence-electron chi connectivity index (χ0n) is 17.4. The SMILES string of the molecule is C=CCOc1ccccc1C(=O)N1CCN(CCCc2nc(-c3cccs3)no2)CC1. The van der Waals surface area contributed by atoms with Crippen LogP contribution in [0.1, 0.15) is 22.7 Å². The zero-order valence-corrected chi connectivity index (χ0v) is 18.2. The Morgan fingerprint density at radius 2 is 2.03 bits per heavy atom. The third-order valence-electron chi connectivity index (χ3n) is 5.21. The summed E-state index contributed by atoms with van der Waals surface area (Å²) in [4.78, 5) is 22.7. The summed E-state index contributed by atoms with van der Waals surface area (Å²) in [5.41, 5.74) is 0.607. The zero-order chi connectivity index (χ0) is 21.5. The van der Waals surface area contributed by atoms with E-state index >= 15 is 0 Å². The molecule has 31 heavy (non-hydrogen) atoms. The molecule has 0 aliphatic carbocycles. The van der Waals surface area contributed by atoms with E-state index in [0.717, 1.165) is 37.4 Å². The first-order valence-corrected chi connectivity index (χ1v) is 11.3. The van der Waals surface area contributed by atoms with Gasteiger partial charge in [0.1, 0.15) is 12.4 Å². The number of piperazine rings is 1. The van der Waals surface area contributed by atoms with Gasteiger partial charge >= 0.3 is 0 Å². The van der Waals surface area contributed by atoms with Gasteiger partial charge in [-0.25, -0.2) is 0 Å². The Labute approximate surface area is 185 Å². The van der Waals surface area contributed by atoms with Gasteiger partial charge in [0.25, 0.3) is 5.91 Å². The van der Waals surface area contributed by atoms with Crippen LogP contribution in [0, 0.1) is 0 Å². The van der Waals surface area contributed by atoms with Gasteiger partial charge in [0.05, 0.1) is 10.4 Å². The number of hydrogen-bond acceptors (Lipinski definition) is 7. The number of ether oxygens (including phenoxy) is 1. The van der Waals surface area contributed by atoms with Crippen molar-refractivity contribution in [1.29, 1.82) is 0 Å². The maximum absolute atomic E-state index is 13.0. The maximum Gasteiger partial charge on any atom is 0.257 e. The first kappa shape index (κ1) is 21.3. The van der Waals surface area contributed by atoms with Crippen molar-refractivity contribution in [3.8, 4) is 16.5 Å². The first-order valence-electron chi connectivity index (χ1n) is 10.5. The lowest BCUT2D eigenvalue weighted by molar-refractivity contribution is 0.0632. The Morgan fingerprint density at radius 1 is 1.19 bits per heavy atom. The molecule has 0 radical (unpaired) electrons. The summed E-state index contributed by atoms with van der Waals surface area (Å²) in [6.45, 7) is 8.11. The topological polar surface area (TPSA) is 71.7 Å². The fourth-order valence-corrected chi connectivity index (χ4v) is 4.23. The predicted octanol–water partition coefficient (Wildman–Crippen LogP) is 3.75. The van der Waals surface area contributed by atoms with Crippen LogP contribution in [-0.2, 0) is 6.42 Å². The largest absolute Gasteiger partial charge is 0.489 e. The second kappa shape index (κ2) is 10.4. The number of carbonyl (C=O) groups is 1. The van der Waals surface area contributed by atoms with Crippen molar-refractivity contribution >= 4 is 17.2 Å². The molecule has 162 valence electrons. The number of hydrogen-bond donors (Lipinski definition) is 0. The molecule has 8 heteroatoms. The fraction of sp³-hybridized carbons (Fsp3) is 0.348. The van der Waals surface area contributed by atoms with Gasteiger partial charge in [0, 0.05) is 32.6 Å². The lowest BCUT2D eigenvalue weighted by atomic mass is 10.1. The highest BCUT2D eigenvalue weighted by atomic mass is 32.1. The second-order valence-corrected chi connectivity index (χ2v) is 8.27. The van der Waals surface area contributed by atoms with Crippen LogP contribution in [0.2, 0.25) is 0 Å². The molecule has 0 atom stereocenters. The number of para-hydroxylation sites is 1. The highest BCUT2D eigenvalue weighted by Crippen LogP contribution is 2.22. The summed E-state index contributed by atoms with van der Waals surface area (Å²) in [6.07, 6.45) is 3.38. The van der Waals surface area contributed by atoms with Gasteiger partial charge in [-0.1, -0.05) is 36.0 Å². The van der Waals surface area contributed by atoms with Gasteiger partial charge in [0.2, 0.25) is 11.7 Å². The van der Waals surface area contributed by atoms with Crippen molar-refractivity contribution in [2.45, 2.75) is 12.8 Å². The molecule has 1 saturated heterocycles. The van der Waals surface area contributed by atoms with Crippen LogP contribution in [0.4, 0.5) is 0 Å². The molecule has 1 aromatic carbocycles. The molecule has 0 unspecified atom stereocenters. The Hall–Kier alpha value is -2.97. The summed E-state index contributed by atoms with van der Waals surface area (Å²) in [5, 5.41) is 6.06. The smallest absolute Gasteiger partial charge is 0.257 e. The van der Waals surface area contributed by atoms with E-state index in [1.165, 1.54) is 0 Å². The molecule has 1 amide bonds. The van der Waals surface area contributed by atoms with E-state index in [1.807, 2.05) is 46.7 Å². The Bertz CT molecular complexity index is 994. The van der Waals surface area contributed by atoms with E-state index < -0.39 is 0 Å². The third-order valence-corrected chi connectivity index (χ3v) is 6.07. The highest BCUT2D eigenvalue weighted by Gasteiger charge is 2.24. The van der Waals surface area contributed by atoms with Crippen LogP contribution in [0.15, 0.2) is 59.0 Å². The summed E-state index contributed by atoms with van der Waals surface area (Å²) in [5.74, 6) is 1.96. The van der Waals surface area contributed by atoms with Gasteiger partial charge < -0.3 is 14.2 Å². The maximum atomic E-state index is 13.0. The van der Waals surface area contributed by atoms with Crippen molar-refractivity contribution in [2.75, 3.05) is 39.3 Å². The molecule has 3 heterocycles. The molecule has 1 aliphatic rings. The number of amides is 1. The van der Waals surface area contributed by atoms with E-state index in [4.69, 9.17) is 9.26 Å². The lowest BCUT2D eigenvalue weighted by Crippen LogP contribution is -2.48. The number of rotatable bonds is 9. The van der Waals surface area contributed by atoms with Crippen LogP contribution in [0.5, 0.6) is 5.75 Å². The normalized spacial score (nSPS) is 14.5. The van der Waals surface area contributed by atoms with Crippen molar-refractivity contribution in [3.05, 3.63) is 65.9 Å². The second-order valence-electron chi connectivity index (χ2n) is 7.32. The van der Waals surface area contributed by atoms with E-state index in [2.05, 4.69) is 21.6 Å². The van der Waals surface area contributed by atoms with Gasteiger partial charge in [-0.2, -0.15) is 4.98 Å². The summed E-state index contributed by atoms with van der Waals surface area (Å²) >= 11 is 1.60. The van der Waals surface area contributed by atoms with Crippen molar-refractivity contribution < 1.29 is 14.1 Å². The van der Waals surface area contributed by atoms with Crippen LogP contribution < -0.4 is 4.74 Å². The highest BCUT2D eigenvalue weighted by molar-refractivity contribution is 7.13. The molecule has 2 aromatic heterocycles. The minimum Gasteiger partial charge on any atom is -0.489 e. The number of nitrogens with zero attached hydrogens (tertiary/aromatic N) is 4. The van der Waals surface area contributed by atoms with Crippen LogP contribution in [0.3, 0.4) is 0 Å². The van der Waals surface area contributed by atoms with Gasteiger partial charge in [-0.3, -0.25) is 9.69 Å². The molecule has 0 spiro atoms. The van der Waals surface area contributed by atoms with Crippen molar-refractivity contribution in [3.63, 3.8) is 0 Å². The van der Waals surface area contributed by atoms with E-state index in [1.54, 1.807) is 17.4 Å². The third kappa shape index (κ3) is 5.39. The Balaban J connectivity index is 1.23. The molecule has 0 N–H and O–H groups in total. The molecule has 1 fully saturated rings. The average molecular weight is 439 g/mol. The molecular weight excluding hydrogens is 412 g/mol. The molecule has 0 bridgehead atoms. The van der Waals surface area contributed by atoms with Crippen LogP contribution >= 0.6 is 11.3 Å². The Morgan fingerprint density at radius 3 is 2.81 bits per heavy atom.